The van der Waals surface area contributed by atoms with Crippen molar-refractivity contribution in [2.24, 2.45) is 5.92 Å². The van der Waals surface area contributed by atoms with E-state index in [1.807, 2.05) is 18.2 Å². The van der Waals surface area contributed by atoms with E-state index < -0.39 is 23.8 Å². The number of rotatable bonds is 11. The Morgan fingerprint density at radius 3 is 2.25 bits per heavy atom. The molecule has 3 N–H and O–H groups in total. The van der Waals surface area contributed by atoms with Crippen LogP contribution in [0.4, 0.5) is 13.2 Å². The fraction of sp³-hybridized carbons (Fsp3) is 0.345. The second kappa shape index (κ2) is 12.7. The first-order valence-corrected chi connectivity index (χ1v) is 12.1. The molecule has 0 aliphatic heterocycles. The SMILES string of the molecule is CC(=O)N[C@@H](Cc1cc(F)cc(F)c1)[C@H](O)CNCc1cc(CC(C)C)ccc1-c1cccc(F)c1. The fourth-order valence-electron chi connectivity index (χ4n) is 4.35. The van der Waals surface area contributed by atoms with Crippen LogP contribution < -0.4 is 10.6 Å². The van der Waals surface area contributed by atoms with Crippen LogP contribution in [-0.2, 0) is 24.2 Å². The molecular weight excluding hydrogens is 465 g/mol. The molecule has 0 saturated carbocycles. The molecule has 0 radical (unpaired) electrons. The highest BCUT2D eigenvalue weighted by Gasteiger charge is 2.21. The lowest BCUT2D eigenvalue weighted by Crippen LogP contribution is -2.48. The van der Waals surface area contributed by atoms with E-state index in [1.165, 1.54) is 31.2 Å². The summed E-state index contributed by atoms with van der Waals surface area (Å²) in [6.45, 7) is 6.13. The molecule has 0 saturated heterocycles. The minimum Gasteiger partial charge on any atom is -0.390 e. The lowest BCUT2D eigenvalue weighted by atomic mass is 9.94. The van der Waals surface area contributed by atoms with Crippen molar-refractivity contribution in [3.63, 3.8) is 0 Å². The maximum absolute atomic E-state index is 13.9. The monoisotopic (exact) mass is 498 g/mol. The first kappa shape index (κ1) is 27.4. The Balaban J connectivity index is 1.75. The molecule has 0 fully saturated rings. The first-order chi connectivity index (χ1) is 17.1. The van der Waals surface area contributed by atoms with Gasteiger partial charge in [-0.2, -0.15) is 0 Å². The van der Waals surface area contributed by atoms with Gasteiger partial charge in [-0.3, -0.25) is 4.79 Å². The van der Waals surface area contributed by atoms with Gasteiger partial charge in [-0.15, -0.1) is 0 Å². The zero-order valence-electron chi connectivity index (χ0n) is 20.8. The number of hydrogen-bond acceptors (Lipinski definition) is 3. The molecule has 4 nitrogen and oxygen atoms in total. The summed E-state index contributed by atoms with van der Waals surface area (Å²) in [5, 5.41) is 16.7. The Labute approximate surface area is 210 Å². The van der Waals surface area contributed by atoms with Crippen LogP contribution in [0.1, 0.15) is 37.5 Å². The van der Waals surface area contributed by atoms with Gasteiger partial charge < -0.3 is 15.7 Å². The Kier molecular flexibility index (Phi) is 9.67. The normalized spacial score (nSPS) is 13.0. The minimum absolute atomic E-state index is 0.0650. The summed E-state index contributed by atoms with van der Waals surface area (Å²) in [5.41, 5.74) is 4.09. The van der Waals surface area contributed by atoms with Crippen molar-refractivity contribution in [1.29, 1.82) is 0 Å². The van der Waals surface area contributed by atoms with Crippen molar-refractivity contribution in [3.05, 3.63) is 94.8 Å². The van der Waals surface area contributed by atoms with Crippen molar-refractivity contribution >= 4 is 5.91 Å². The number of carbonyl (C=O) groups is 1. The molecule has 0 aliphatic carbocycles. The molecule has 3 aromatic carbocycles. The van der Waals surface area contributed by atoms with Crippen molar-refractivity contribution < 1.29 is 23.1 Å². The maximum atomic E-state index is 13.9. The van der Waals surface area contributed by atoms with Gasteiger partial charge in [0.1, 0.15) is 17.5 Å². The van der Waals surface area contributed by atoms with E-state index >= 15 is 0 Å². The first-order valence-electron chi connectivity index (χ1n) is 12.1. The van der Waals surface area contributed by atoms with E-state index in [0.717, 1.165) is 34.7 Å². The summed E-state index contributed by atoms with van der Waals surface area (Å²) in [7, 11) is 0. The number of aliphatic hydroxyl groups is 1. The molecular formula is C29H33F3N2O2. The molecule has 2 atom stereocenters. The lowest BCUT2D eigenvalue weighted by molar-refractivity contribution is -0.120. The Morgan fingerprint density at radius 1 is 0.889 bits per heavy atom. The summed E-state index contributed by atoms with van der Waals surface area (Å²) in [5.74, 6) is -1.64. The fourth-order valence-corrected chi connectivity index (χ4v) is 4.35. The zero-order valence-corrected chi connectivity index (χ0v) is 20.8. The van der Waals surface area contributed by atoms with Gasteiger partial charge in [0.15, 0.2) is 0 Å². The Morgan fingerprint density at radius 2 is 1.61 bits per heavy atom. The second-order valence-electron chi connectivity index (χ2n) is 9.59. The van der Waals surface area contributed by atoms with E-state index in [9.17, 15) is 23.1 Å². The number of amides is 1. The van der Waals surface area contributed by atoms with Gasteiger partial charge in [0.05, 0.1) is 12.1 Å². The Hall–Kier alpha value is -3.16. The third-order valence-electron chi connectivity index (χ3n) is 5.85. The summed E-state index contributed by atoms with van der Waals surface area (Å²) in [6, 6.07) is 14.9. The molecule has 0 aromatic heterocycles. The van der Waals surface area contributed by atoms with Crippen LogP contribution in [-0.4, -0.2) is 29.7 Å². The van der Waals surface area contributed by atoms with Gasteiger partial charge in [-0.25, -0.2) is 13.2 Å². The molecule has 3 aromatic rings. The van der Waals surface area contributed by atoms with Gasteiger partial charge >= 0.3 is 0 Å². The predicted molar refractivity (Wildman–Crippen MR) is 136 cm³/mol. The van der Waals surface area contributed by atoms with Gasteiger partial charge in [0.25, 0.3) is 0 Å². The van der Waals surface area contributed by atoms with Crippen LogP contribution in [0.3, 0.4) is 0 Å². The molecule has 0 unspecified atom stereocenters. The standard InChI is InChI=1S/C29H33F3N2O2/c1-18(2)9-20-7-8-27(22-5-4-6-24(30)14-22)23(10-20)16-33-17-29(36)28(34-19(3)35)13-21-11-25(31)15-26(32)12-21/h4-8,10-12,14-15,18,28-29,33,36H,9,13,16-17H2,1-3H3,(H,34,35)/t28-,29+/m0/s1. The highest BCUT2D eigenvalue weighted by atomic mass is 19.1. The predicted octanol–water partition coefficient (Wildman–Crippen LogP) is 5.17. The van der Waals surface area contributed by atoms with Crippen molar-refractivity contribution in [3.8, 4) is 11.1 Å². The summed E-state index contributed by atoms with van der Waals surface area (Å²) < 4.78 is 41.1. The van der Waals surface area contributed by atoms with Gasteiger partial charge in [0, 0.05) is 26.1 Å². The molecule has 7 heteroatoms. The number of carbonyl (C=O) groups excluding carboxylic acids is 1. The van der Waals surface area contributed by atoms with Gasteiger partial charge in [-0.05, 0) is 70.8 Å². The molecule has 0 heterocycles. The number of benzene rings is 3. The third-order valence-corrected chi connectivity index (χ3v) is 5.85. The molecule has 36 heavy (non-hydrogen) atoms. The van der Waals surface area contributed by atoms with E-state index in [2.05, 4.69) is 30.5 Å². The third kappa shape index (κ3) is 8.21. The zero-order chi connectivity index (χ0) is 26.2. The van der Waals surface area contributed by atoms with E-state index in [4.69, 9.17) is 0 Å². The molecule has 1 amide bonds. The number of aliphatic hydroxyl groups excluding tert-OH is 1. The quantitative estimate of drug-likeness (QED) is 0.342. The number of hydrogen-bond donors (Lipinski definition) is 3. The maximum Gasteiger partial charge on any atom is 0.217 e. The van der Waals surface area contributed by atoms with Crippen molar-refractivity contribution in [2.75, 3.05) is 6.54 Å². The van der Waals surface area contributed by atoms with E-state index in [0.29, 0.717) is 18.0 Å². The molecule has 0 bridgehead atoms. The van der Waals surface area contributed by atoms with E-state index in [-0.39, 0.29) is 24.7 Å². The Bertz CT molecular complexity index is 1160. The van der Waals surface area contributed by atoms with Crippen LogP contribution in [0.5, 0.6) is 0 Å². The van der Waals surface area contributed by atoms with Crippen LogP contribution in [0.15, 0.2) is 60.7 Å². The lowest BCUT2D eigenvalue weighted by Gasteiger charge is -2.24. The average Bonchev–Trinajstić information content (AvgIpc) is 2.77. The topological polar surface area (TPSA) is 61.4 Å². The number of halogens is 3. The van der Waals surface area contributed by atoms with Gasteiger partial charge in [0.2, 0.25) is 5.91 Å². The summed E-state index contributed by atoms with van der Waals surface area (Å²) in [6.07, 6.45) is -0.0553. The summed E-state index contributed by atoms with van der Waals surface area (Å²) >= 11 is 0. The molecule has 192 valence electrons. The van der Waals surface area contributed by atoms with Crippen molar-refractivity contribution in [2.45, 2.75) is 52.3 Å². The highest BCUT2D eigenvalue weighted by Crippen LogP contribution is 2.26. The molecule has 0 spiro atoms. The molecule has 0 aliphatic rings. The largest absolute Gasteiger partial charge is 0.390 e. The minimum atomic E-state index is -1.02. The van der Waals surface area contributed by atoms with E-state index in [1.54, 1.807) is 6.07 Å². The van der Waals surface area contributed by atoms with Crippen LogP contribution in [0.25, 0.3) is 11.1 Å². The smallest absolute Gasteiger partial charge is 0.217 e. The summed E-state index contributed by atoms with van der Waals surface area (Å²) in [4.78, 5) is 11.7. The van der Waals surface area contributed by atoms with Gasteiger partial charge in [-0.1, -0.05) is 44.2 Å². The van der Waals surface area contributed by atoms with Crippen LogP contribution in [0.2, 0.25) is 0 Å². The molecule has 3 rings (SSSR count). The highest BCUT2D eigenvalue weighted by molar-refractivity contribution is 5.73. The average molecular weight is 499 g/mol. The van der Waals surface area contributed by atoms with Crippen LogP contribution in [0, 0.1) is 23.4 Å². The van der Waals surface area contributed by atoms with Crippen LogP contribution >= 0.6 is 0 Å². The number of nitrogens with one attached hydrogen (secondary N) is 2. The van der Waals surface area contributed by atoms with Crippen molar-refractivity contribution in [1.82, 2.24) is 10.6 Å². The second-order valence-corrected chi connectivity index (χ2v) is 9.59.